The average molecular weight is 646 g/mol. The minimum Gasteiger partial charge on any atom is -0.870 e. The summed E-state index contributed by atoms with van der Waals surface area (Å²) in [6.45, 7) is 4.27. The minimum atomic E-state index is -1.09. The van der Waals surface area contributed by atoms with Crippen LogP contribution in [0.4, 0.5) is 0 Å². The second-order valence-corrected chi connectivity index (χ2v) is 9.33. The van der Waals surface area contributed by atoms with E-state index in [-0.39, 0.29) is 41.6 Å². The first-order chi connectivity index (χ1) is 21.1. The van der Waals surface area contributed by atoms with Crippen LogP contribution in [0, 0.1) is 36.5 Å². The third-order valence-electron chi connectivity index (χ3n) is 6.26. The summed E-state index contributed by atoms with van der Waals surface area (Å²) in [7, 11) is 0. The number of primary amides is 2. The molecule has 4 aromatic carbocycles. The Hall–Kier alpha value is -4.81. The first kappa shape index (κ1) is 41.2. The van der Waals surface area contributed by atoms with Crippen molar-refractivity contribution in [3.8, 4) is 34.4 Å². The van der Waals surface area contributed by atoms with Crippen LogP contribution >= 0.6 is 11.6 Å². The van der Waals surface area contributed by atoms with Crippen molar-refractivity contribution in [2.24, 2.45) is 16.6 Å². The van der Waals surface area contributed by atoms with E-state index >= 15 is 0 Å². The molecule has 0 atom stereocenters. The fourth-order valence-electron chi connectivity index (χ4n) is 3.87. The number of nitrogens with zero attached hydrogens (tertiary/aromatic N) is 4. The van der Waals surface area contributed by atoms with Gasteiger partial charge in [-0.1, -0.05) is 102 Å². The van der Waals surface area contributed by atoms with Crippen molar-refractivity contribution in [3.63, 3.8) is 0 Å². The van der Waals surface area contributed by atoms with Crippen molar-refractivity contribution in [1.82, 2.24) is 0 Å². The number of amides is 2. The second-order valence-electron chi connectivity index (χ2n) is 9.06. The van der Waals surface area contributed by atoms with Gasteiger partial charge in [0, 0.05) is 5.88 Å². The van der Waals surface area contributed by atoms with Gasteiger partial charge in [0.25, 0.3) is 5.91 Å². The topological polar surface area (TPSA) is 208 Å². The number of nitrogens with two attached hydrogens (primary N) is 2. The number of rotatable bonds is 8. The molecular formula is C34H31ClN6NaO4-. The van der Waals surface area contributed by atoms with Gasteiger partial charge in [-0.15, -0.1) is 11.6 Å². The van der Waals surface area contributed by atoms with Gasteiger partial charge in [-0.05, 0) is 64.1 Å². The SMILES string of the molecule is Cc1c(CCl)cccc1-c1ccccc1.Cc1c(CON=C(C#N)C(N)=O)cccc1-c1ccccc1.N#CC(=[N-])C(N)=O.[Na+].[OH-]. The molecule has 12 heteroatoms. The maximum atomic E-state index is 10.9. The monoisotopic (exact) mass is 645 g/mol. The third-order valence-corrected chi connectivity index (χ3v) is 6.55. The van der Waals surface area contributed by atoms with Crippen molar-refractivity contribution in [1.29, 1.82) is 10.5 Å². The van der Waals surface area contributed by atoms with E-state index in [1.165, 1.54) is 22.3 Å². The van der Waals surface area contributed by atoms with Crippen molar-refractivity contribution >= 4 is 34.8 Å². The van der Waals surface area contributed by atoms with Crippen LogP contribution in [0.2, 0.25) is 0 Å². The van der Waals surface area contributed by atoms with Gasteiger partial charge in [0.15, 0.2) is 0 Å². The zero-order chi connectivity index (χ0) is 32.5. The molecular weight excluding hydrogens is 615 g/mol. The van der Waals surface area contributed by atoms with Crippen LogP contribution in [0.1, 0.15) is 22.3 Å². The van der Waals surface area contributed by atoms with Crippen molar-refractivity contribution in [2.45, 2.75) is 26.3 Å². The molecule has 0 aromatic heterocycles. The number of halogens is 1. The van der Waals surface area contributed by atoms with E-state index in [1.54, 1.807) is 6.07 Å². The maximum absolute atomic E-state index is 10.9. The number of hydrogen-bond donors (Lipinski definition) is 2. The Bertz CT molecular complexity index is 1720. The van der Waals surface area contributed by atoms with Crippen LogP contribution in [0.5, 0.6) is 0 Å². The smallest absolute Gasteiger partial charge is 0.870 e. The molecule has 0 bridgehead atoms. The summed E-state index contributed by atoms with van der Waals surface area (Å²) >= 11 is 5.89. The van der Waals surface area contributed by atoms with Gasteiger partial charge in [-0.25, -0.2) is 0 Å². The van der Waals surface area contributed by atoms with E-state index in [0.717, 1.165) is 28.3 Å². The van der Waals surface area contributed by atoms with Crippen molar-refractivity contribution < 1.29 is 49.5 Å². The first-order valence-electron chi connectivity index (χ1n) is 13.1. The van der Waals surface area contributed by atoms with E-state index in [2.05, 4.69) is 60.3 Å². The Kier molecular flexibility index (Phi) is 19.5. The summed E-state index contributed by atoms with van der Waals surface area (Å²) in [5, 5.41) is 27.8. The Morgan fingerprint density at radius 2 is 1.22 bits per heavy atom. The molecule has 0 fully saturated rings. The Morgan fingerprint density at radius 1 is 0.761 bits per heavy atom. The zero-order valence-corrected chi connectivity index (χ0v) is 28.4. The number of oxime groups is 1. The Labute approximate surface area is 295 Å². The molecule has 230 valence electrons. The summed E-state index contributed by atoms with van der Waals surface area (Å²) in [4.78, 5) is 25.6. The van der Waals surface area contributed by atoms with Gasteiger partial charge in [0.1, 0.15) is 12.7 Å². The molecule has 0 aliphatic rings. The maximum Gasteiger partial charge on any atom is 1.00 e. The molecule has 46 heavy (non-hydrogen) atoms. The summed E-state index contributed by atoms with van der Waals surface area (Å²) in [6.07, 6.45) is 0. The molecule has 0 spiro atoms. The molecule has 4 aromatic rings. The summed E-state index contributed by atoms with van der Waals surface area (Å²) < 4.78 is 0. The van der Waals surface area contributed by atoms with Crippen molar-refractivity contribution in [3.05, 3.63) is 125 Å². The molecule has 0 aliphatic carbocycles. The summed E-state index contributed by atoms with van der Waals surface area (Å²) in [6, 6.07) is 35.3. The molecule has 0 heterocycles. The first-order valence-corrected chi connectivity index (χ1v) is 13.7. The van der Waals surface area contributed by atoms with Crippen LogP contribution in [-0.2, 0) is 26.9 Å². The molecule has 2 amide bonds. The van der Waals surface area contributed by atoms with Crippen LogP contribution in [-0.4, -0.2) is 28.7 Å². The number of alkyl halides is 1. The predicted octanol–water partition coefficient (Wildman–Crippen LogP) is 2.78. The van der Waals surface area contributed by atoms with Gasteiger partial charge in [0.2, 0.25) is 11.6 Å². The molecule has 0 saturated heterocycles. The number of carbonyl (C=O) groups excluding carboxylic acids is 2. The average Bonchev–Trinajstić information content (AvgIpc) is 3.04. The van der Waals surface area contributed by atoms with E-state index in [1.807, 2.05) is 61.5 Å². The van der Waals surface area contributed by atoms with E-state index in [0.29, 0.717) is 5.88 Å². The van der Waals surface area contributed by atoms with E-state index < -0.39 is 23.2 Å². The van der Waals surface area contributed by atoms with Gasteiger partial charge in [0.05, 0.1) is 6.07 Å². The van der Waals surface area contributed by atoms with Crippen LogP contribution < -0.4 is 41.0 Å². The number of benzene rings is 4. The molecule has 10 nitrogen and oxygen atoms in total. The largest absolute Gasteiger partial charge is 1.00 e. The summed E-state index contributed by atoms with van der Waals surface area (Å²) in [5.74, 6) is -1.42. The quantitative estimate of drug-likeness (QED) is 0.127. The summed E-state index contributed by atoms with van der Waals surface area (Å²) in [5.41, 5.74) is 17.2. The van der Waals surface area contributed by atoms with E-state index in [4.69, 9.17) is 38.1 Å². The fraction of sp³-hybridized carbons (Fsp3) is 0.118. The predicted molar refractivity (Wildman–Crippen MR) is 175 cm³/mol. The number of hydrogen-bond acceptors (Lipinski definition) is 7. The second kappa shape index (κ2) is 21.8. The normalized spacial score (nSPS) is 9.54. The van der Waals surface area contributed by atoms with Crippen LogP contribution in [0.15, 0.2) is 102 Å². The van der Waals surface area contributed by atoms with Crippen LogP contribution in [0.3, 0.4) is 0 Å². The minimum absolute atomic E-state index is 0. The molecule has 4 rings (SSSR count). The van der Waals surface area contributed by atoms with Gasteiger partial charge >= 0.3 is 29.6 Å². The zero-order valence-electron chi connectivity index (χ0n) is 25.6. The number of nitriles is 2. The fourth-order valence-corrected chi connectivity index (χ4v) is 4.16. The van der Waals surface area contributed by atoms with Crippen LogP contribution in [0.25, 0.3) is 27.7 Å². The number of carbonyl (C=O) groups is 2. The Morgan fingerprint density at radius 3 is 1.59 bits per heavy atom. The molecule has 0 radical (unpaired) electrons. The standard InChI is InChI=1S/C17H15N3O2.C14H13Cl.C3H2N3O.Na.H2O/c1-12-14(11-22-20-16(10-18)17(19)21)8-5-9-15(12)13-6-3-2-4-7-13;1-11-13(10-15)8-5-9-14(11)12-6-3-2-4-7-12;4-1-2(5)3(6)7;;/h2-9H,11H2,1H3,(H2,19,21);2-9H,10H2,1H3;(H2,6,7);;1H2/q;;-1;+1;/p-1. The Balaban J connectivity index is 0.000000733. The molecule has 0 unspecified atom stereocenters. The van der Waals surface area contributed by atoms with Crippen molar-refractivity contribution in [2.75, 3.05) is 0 Å². The third kappa shape index (κ3) is 12.7. The van der Waals surface area contributed by atoms with Gasteiger partial charge in [-0.3, -0.25) is 9.59 Å². The van der Waals surface area contributed by atoms with Gasteiger partial charge in [-0.2, -0.15) is 10.5 Å². The van der Waals surface area contributed by atoms with Gasteiger partial charge < -0.3 is 27.2 Å². The molecule has 0 saturated carbocycles. The molecule has 5 N–H and O–H groups in total. The molecule has 0 aliphatic heterocycles. The van der Waals surface area contributed by atoms with E-state index in [9.17, 15) is 9.59 Å².